The molecule has 4 aromatic rings. The summed E-state index contributed by atoms with van der Waals surface area (Å²) in [6.45, 7) is 3.99. The maximum Gasteiger partial charge on any atom is 0.282 e. The first-order valence-electron chi connectivity index (χ1n) is 10.9. The number of anilines is 2. The zero-order valence-electron chi connectivity index (χ0n) is 18.8. The maximum atomic E-state index is 13.7. The standard InChI is InChI=1S/C29H21N3O2/c1-18-10-13-22(16-19(18)2)26-27(31-25-9-5-7-21-6-3-4-8-24(21)25)29(34)32(28(26)33)23-14-11-20(17-30)12-15-23/h3-16,31H,1-2H3. The molecular weight excluding hydrogens is 422 g/mol. The molecule has 0 saturated carbocycles. The van der Waals surface area contributed by atoms with Gasteiger partial charge in [-0.05, 0) is 66.3 Å². The number of imide groups is 1. The average molecular weight is 444 g/mol. The monoisotopic (exact) mass is 443 g/mol. The minimum absolute atomic E-state index is 0.231. The number of benzene rings is 4. The van der Waals surface area contributed by atoms with Gasteiger partial charge in [0.1, 0.15) is 5.70 Å². The van der Waals surface area contributed by atoms with Crippen molar-refractivity contribution in [2.75, 3.05) is 10.2 Å². The molecule has 1 aliphatic rings. The van der Waals surface area contributed by atoms with Crippen LogP contribution in [0.15, 0.2) is 90.6 Å². The number of nitriles is 1. The van der Waals surface area contributed by atoms with Crippen LogP contribution in [0.1, 0.15) is 22.3 Å². The summed E-state index contributed by atoms with van der Waals surface area (Å²) in [5.74, 6) is -0.837. The minimum Gasteiger partial charge on any atom is -0.350 e. The Kier molecular flexibility index (Phi) is 5.19. The first kappa shape index (κ1) is 21.2. The van der Waals surface area contributed by atoms with Gasteiger partial charge in [0.2, 0.25) is 0 Å². The lowest BCUT2D eigenvalue weighted by atomic mass is 9.99. The molecule has 2 amide bonds. The molecule has 1 heterocycles. The van der Waals surface area contributed by atoms with Crippen LogP contribution in [0.3, 0.4) is 0 Å². The van der Waals surface area contributed by atoms with E-state index in [1.165, 1.54) is 4.90 Å². The largest absolute Gasteiger partial charge is 0.350 e. The quantitative estimate of drug-likeness (QED) is 0.409. The summed E-state index contributed by atoms with van der Waals surface area (Å²) in [6, 6.07) is 28.0. The number of nitrogens with one attached hydrogen (secondary N) is 1. The molecule has 0 aromatic heterocycles. The third-order valence-electron chi connectivity index (χ3n) is 6.18. The Bertz CT molecular complexity index is 1540. The van der Waals surface area contributed by atoms with Crippen molar-refractivity contribution >= 4 is 39.5 Å². The van der Waals surface area contributed by atoms with Crippen LogP contribution in [0.25, 0.3) is 16.3 Å². The summed E-state index contributed by atoms with van der Waals surface area (Å²) >= 11 is 0. The highest BCUT2D eigenvalue weighted by Gasteiger charge is 2.40. The predicted molar refractivity (Wildman–Crippen MR) is 134 cm³/mol. The molecule has 0 fully saturated rings. The van der Waals surface area contributed by atoms with Crippen LogP contribution < -0.4 is 10.2 Å². The van der Waals surface area contributed by atoms with E-state index in [1.807, 2.05) is 74.5 Å². The molecule has 5 rings (SSSR count). The van der Waals surface area contributed by atoms with E-state index in [1.54, 1.807) is 24.3 Å². The van der Waals surface area contributed by atoms with E-state index in [0.717, 1.165) is 27.6 Å². The van der Waals surface area contributed by atoms with Crippen LogP contribution in [-0.4, -0.2) is 11.8 Å². The molecule has 34 heavy (non-hydrogen) atoms. The lowest BCUT2D eigenvalue weighted by molar-refractivity contribution is -0.120. The fourth-order valence-electron chi connectivity index (χ4n) is 4.20. The van der Waals surface area contributed by atoms with E-state index >= 15 is 0 Å². The fraction of sp³-hybridized carbons (Fsp3) is 0.0690. The smallest absolute Gasteiger partial charge is 0.282 e. The Labute approximate surface area is 197 Å². The van der Waals surface area contributed by atoms with E-state index in [9.17, 15) is 9.59 Å². The second-order valence-corrected chi connectivity index (χ2v) is 8.31. The first-order chi connectivity index (χ1) is 16.5. The highest BCUT2D eigenvalue weighted by atomic mass is 16.2. The van der Waals surface area contributed by atoms with Crippen LogP contribution in [0, 0.1) is 25.2 Å². The lowest BCUT2D eigenvalue weighted by Crippen LogP contribution is -2.32. The average Bonchev–Trinajstić information content (AvgIpc) is 3.10. The van der Waals surface area contributed by atoms with Crippen LogP contribution in [0.5, 0.6) is 0 Å². The summed E-state index contributed by atoms with van der Waals surface area (Å²) in [5, 5.41) is 14.4. The number of carbonyl (C=O) groups is 2. The van der Waals surface area contributed by atoms with Crippen molar-refractivity contribution < 1.29 is 9.59 Å². The number of amides is 2. The van der Waals surface area contributed by atoms with Gasteiger partial charge in [-0.25, -0.2) is 4.90 Å². The van der Waals surface area contributed by atoms with E-state index < -0.39 is 11.8 Å². The molecule has 0 spiro atoms. The van der Waals surface area contributed by atoms with Gasteiger partial charge in [0.15, 0.2) is 0 Å². The van der Waals surface area contributed by atoms with Gasteiger partial charge in [-0.3, -0.25) is 9.59 Å². The van der Waals surface area contributed by atoms with Crippen molar-refractivity contribution in [1.29, 1.82) is 5.26 Å². The Morgan fingerprint density at radius 2 is 1.53 bits per heavy atom. The van der Waals surface area contributed by atoms with Crippen LogP contribution in [-0.2, 0) is 9.59 Å². The van der Waals surface area contributed by atoms with Gasteiger partial charge in [-0.15, -0.1) is 0 Å². The number of fused-ring (bicyclic) bond motifs is 1. The van der Waals surface area contributed by atoms with E-state index in [2.05, 4.69) is 11.4 Å². The maximum absolute atomic E-state index is 13.7. The summed E-state index contributed by atoms with van der Waals surface area (Å²) < 4.78 is 0. The number of aryl methyl sites for hydroxylation is 2. The third kappa shape index (κ3) is 3.52. The Hall–Kier alpha value is -4.69. The van der Waals surface area contributed by atoms with Gasteiger partial charge >= 0.3 is 0 Å². The second kappa shape index (κ2) is 8.34. The number of nitrogens with zero attached hydrogens (tertiary/aromatic N) is 2. The highest BCUT2D eigenvalue weighted by molar-refractivity contribution is 6.46. The highest BCUT2D eigenvalue weighted by Crippen LogP contribution is 2.35. The van der Waals surface area contributed by atoms with Crippen LogP contribution in [0.4, 0.5) is 11.4 Å². The van der Waals surface area contributed by atoms with Gasteiger partial charge in [-0.1, -0.05) is 54.6 Å². The molecule has 1 aliphatic heterocycles. The Morgan fingerprint density at radius 3 is 2.26 bits per heavy atom. The summed E-state index contributed by atoms with van der Waals surface area (Å²) in [7, 11) is 0. The summed E-state index contributed by atoms with van der Waals surface area (Å²) in [6.07, 6.45) is 0. The molecule has 164 valence electrons. The molecule has 0 saturated heterocycles. The molecule has 0 atom stereocenters. The SMILES string of the molecule is Cc1ccc(C2=C(Nc3cccc4ccccc34)C(=O)N(c3ccc(C#N)cc3)C2=O)cc1C. The predicted octanol–water partition coefficient (Wildman–Crippen LogP) is 5.72. The zero-order valence-corrected chi connectivity index (χ0v) is 18.8. The fourth-order valence-corrected chi connectivity index (χ4v) is 4.20. The van der Waals surface area contributed by atoms with Crippen LogP contribution >= 0.6 is 0 Å². The van der Waals surface area contributed by atoms with Crippen LogP contribution in [0.2, 0.25) is 0 Å². The van der Waals surface area contributed by atoms with Crippen molar-refractivity contribution in [2.45, 2.75) is 13.8 Å². The van der Waals surface area contributed by atoms with Gasteiger partial charge in [0.25, 0.3) is 11.8 Å². The van der Waals surface area contributed by atoms with Crippen molar-refractivity contribution in [2.24, 2.45) is 0 Å². The van der Waals surface area contributed by atoms with Gasteiger partial charge in [0, 0.05) is 11.1 Å². The molecule has 0 unspecified atom stereocenters. The number of carbonyl (C=O) groups excluding carboxylic acids is 2. The molecule has 0 aliphatic carbocycles. The summed E-state index contributed by atoms with van der Waals surface area (Å²) in [4.78, 5) is 28.5. The van der Waals surface area contributed by atoms with Crippen molar-refractivity contribution in [3.05, 3.63) is 113 Å². The number of hydrogen-bond acceptors (Lipinski definition) is 4. The van der Waals surface area contributed by atoms with Crippen molar-refractivity contribution in [3.8, 4) is 6.07 Å². The Balaban J connectivity index is 1.66. The number of rotatable bonds is 4. The second-order valence-electron chi connectivity index (χ2n) is 8.31. The molecule has 5 heteroatoms. The van der Waals surface area contributed by atoms with E-state index in [0.29, 0.717) is 22.4 Å². The summed E-state index contributed by atoms with van der Waals surface area (Å²) in [5.41, 5.74) is 5.00. The molecule has 0 radical (unpaired) electrons. The molecule has 0 bridgehead atoms. The van der Waals surface area contributed by atoms with Gasteiger partial charge < -0.3 is 5.32 Å². The van der Waals surface area contributed by atoms with E-state index in [-0.39, 0.29) is 5.70 Å². The lowest BCUT2D eigenvalue weighted by Gasteiger charge is -2.16. The van der Waals surface area contributed by atoms with Crippen molar-refractivity contribution in [1.82, 2.24) is 0 Å². The van der Waals surface area contributed by atoms with Gasteiger partial charge in [-0.2, -0.15) is 5.26 Å². The number of hydrogen-bond donors (Lipinski definition) is 1. The van der Waals surface area contributed by atoms with Crippen molar-refractivity contribution in [3.63, 3.8) is 0 Å². The topological polar surface area (TPSA) is 73.2 Å². The molecular formula is C29H21N3O2. The van der Waals surface area contributed by atoms with E-state index in [4.69, 9.17) is 5.26 Å². The Morgan fingerprint density at radius 1 is 0.794 bits per heavy atom. The zero-order chi connectivity index (χ0) is 23.8. The third-order valence-corrected chi connectivity index (χ3v) is 6.18. The first-order valence-corrected chi connectivity index (χ1v) is 10.9. The molecule has 1 N–H and O–H groups in total. The molecule has 4 aromatic carbocycles. The minimum atomic E-state index is -0.434. The van der Waals surface area contributed by atoms with Gasteiger partial charge in [0.05, 0.1) is 22.9 Å². The normalized spacial score (nSPS) is 13.5. The molecule has 5 nitrogen and oxygen atoms in total.